The summed E-state index contributed by atoms with van der Waals surface area (Å²) in [6.45, 7) is 4.26. The van der Waals surface area contributed by atoms with Crippen LogP contribution in [-0.4, -0.2) is 26.8 Å². The Morgan fingerprint density at radius 3 is 2.77 bits per heavy atom. The van der Waals surface area contributed by atoms with Crippen LogP contribution in [0, 0.1) is 0 Å². The van der Waals surface area contributed by atoms with Gasteiger partial charge in [0.25, 0.3) is 0 Å². The lowest BCUT2D eigenvalue weighted by molar-refractivity contribution is 0.260. The summed E-state index contributed by atoms with van der Waals surface area (Å²) >= 11 is 0. The van der Waals surface area contributed by atoms with E-state index in [0.717, 1.165) is 5.95 Å². The van der Waals surface area contributed by atoms with Crippen LogP contribution in [0.1, 0.15) is 20.3 Å². The molecule has 0 amide bonds. The summed E-state index contributed by atoms with van der Waals surface area (Å²) in [5, 5.41) is 12.1. The number of aliphatic hydroxyl groups is 1. The van der Waals surface area contributed by atoms with E-state index in [1.54, 1.807) is 6.20 Å². The molecule has 4 nitrogen and oxygen atoms in total. The van der Waals surface area contributed by atoms with Gasteiger partial charge in [-0.05, 0) is 20.3 Å². The SMILES string of the molecule is Cn1ccnc1NC(C)(C)CCO. The van der Waals surface area contributed by atoms with Gasteiger partial charge in [0.15, 0.2) is 0 Å². The number of nitrogens with one attached hydrogen (secondary N) is 1. The predicted molar refractivity (Wildman–Crippen MR) is 52.6 cm³/mol. The van der Waals surface area contributed by atoms with Crippen LogP contribution in [-0.2, 0) is 7.05 Å². The molecule has 0 aliphatic rings. The molecule has 0 bridgehead atoms. The van der Waals surface area contributed by atoms with E-state index in [1.165, 1.54) is 0 Å². The molecule has 0 radical (unpaired) electrons. The van der Waals surface area contributed by atoms with Crippen molar-refractivity contribution in [1.29, 1.82) is 0 Å². The van der Waals surface area contributed by atoms with E-state index in [2.05, 4.69) is 10.3 Å². The highest BCUT2D eigenvalue weighted by atomic mass is 16.3. The van der Waals surface area contributed by atoms with E-state index in [9.17, 15) is 0 Å². The van der Waals surface area contributed by atoms with Crippen molar-refractivity contribution >= 4 is 5.95 Å². The Balaban J connectivity index is 2.63. The van der Waals surface area contributed by atoms with Crippen LogP contribution in [0.3, 0.4) is 0 Å². The fourth-order valence-electron chi connectivity index (χ4n) is 1.13. The van der Waals surface area contributed by atoms with Crippen molar-refractivity contribution in [1.82, 2.24) is 9.55 Å². The zero-order valence-electron chi connectivity index (χ0n) is 8.41. The minimum absolute atomic E-state index is 0.117. The normalized spacial score (nSPS) is 11.7. The maximum absolute atomic E-state index is 8.83. The number of hydrogen-bond acceptors (Lipinski definition) is 3. The third kappa shape index (κ3) is 2.73. The minimum atomic E-state index is -0.117. The maximum Gasteiger partial charge on any atom is 0.202 e. The smallest absolute Gasteiger partial charge is 0.202 e. The van der Waals surface area contributed by atoms with Crippen molar-refractivity contribution in [3.05, 3.63) is 12.4 Å². The van der Waals surface area contributed by atoms with Crippen LogP contribution in [0.4, 0.5) is 5.95 Å². The molecular formula is C9H17N3O. The number of imidazole rings is 1. The van der Waals surface area contributed by atoms with E-state index in [1.807, 2.05) is 31.7 Å². The summed E-state index contributed by atoms with van der Waals surface area (Å²) in [7, 11) is 1.93. The maximum atomic E-state index is 8.83. The van der Waals surface area contributed by atoms with Crippen molar-refractivity contribution in [2.75, 3.05) is 11.9 Å². The molecule has 1 aromatic rings. The Morgan fingerprint density at radius 1 is 1.62 bits per heavy atom. The number of nitrogens with zero attached hydrogens (tertiary/aromatic N) is 2. The molecule has 0 saturated carbocycles. The second-order valence-electron chi connectivity index (χ2n) is 3.84. The molecule has 0 atom stereocenters. The molecule has 0 aromatic carbocycles. The minimum Gasteiger partial charge on any atom is -0.396 e. The van der Waals surface area contributed by atoms with Crippen molar-refractivity contribution in [3.8, 4) is 0 Å². The summed E-state index contributed by atoms with van der Waals surface area (Å²) < 4.78 is 1.92. The van der Waals surface area contributed by atoms with E-state index in [-0.39, 0.29) is 12.1 Å². The fourth-order valence-corrected chi connectivity index (χ4v) is 1.13. The first-order valence-electron chi connectivity index (χ1n) is 4.41. The Hall–Kier alpha value is -1.03. The van der Waals surface area contributed by atoms with Gasteiger partial charge in [-0.25, -0.2) is 4.98 Å². The van der Waals surface area contributed by atoms with Crippen LogP contribution in [0.15, 0.2) is 12.4 Å². The third-order valence-corrected chi connectivity index (χ3v) is 2.01. The lowest BCUT2D eigenvalue weighted by Gasteiger charge is -2.25. The quantitative estimate of drug-likeness (QED) is 0.732. The molecule has 0 aliphatic heterocycles. The molecule has 1 heterocycles. The summed E-state index contributed by atoms with van der Waals surface area (Å²) in [6.07, 6.45) is 4.34. The van der Waals surface area contributed by atoms with Crippen LogP contribution < -0.4 is 5.32 Å². The lowest BCUT2D eigenvalue weighted by Crippen LogP contribution is -2.33. The summed E-state index contributed by atoms with van der Waals surface area (Å²) in [5.41, 5.74) is -0.117. The van der Waals surface area contributed by atoms with E-state index < -0.39 is 0 Å². The van der Waals surface area contributed by atoms with Gasteiger partial charge < -0.3 is 15.0 Å². The standard InChI is InChI=1S/C9H17N3O/c1-9(2,4-7-13)11-8-10-5-6-12(8)3/h5-6,13H,4,7H2,1-3H3,(H,10,11). The molecule has 1 rings (SSSR count). The monoisotopic (exact) mass is 183 g/mol. The second kappa shape index (κ2) is 3.79. The molecule has 0 spiro atoms. The number of hydrogen-bond donors (Lipinski definition) is 2. The average Bonchev–Trinajstić information content (AvgIpc) is 2.35. The van der Waals surface area contributed by atoms with Crippen LogP contribution in [0.5, 0.6) is 0 Å². The van der Waals surface area contributed by atoms with Gasteiger partial charge in [0.1, 0.15) is 0 Å². The zero-order valence-corrected chi connectivity index (χ0v) is 8.41. The molecule has 0 unspecified atom stereocenters. The molecule has 2 N–H and O–H groups in total. The van der Waals surface area contributed by atoms with Crippen LogP contribution in [0.25, 0.3) is 0 Å². The van der Waals surface area contributed by atoms with Gasteiger partial charge in [-0.15, -0.1) is 0 Å². The largest absolute Gasteiger partial charge is 0.396 e. The highest BCUT2D eigenvalue weighted by Crippen LogP contribution is 2.15. The molecule has 0 aliphatic carbocycles. The van der Waals surface area contributed by atoms with E-state index in [0.29, 0.717) is 6.42 Å². The summed E-state index contributed by atoms with van der Waals surface area (Å²) in [5.74, 6) is 0.832. The Labute approximate surface area is 78.6 Å². The van der Waals surface area contributed by atoms with Crippen LogP contribution >= 0.6 is 0 Å². The van der Waals surface area contributed by atoms with Crippen molar-refractivity contribution < 1.29 is 5.11 Å². The van der Waals surface area contributed by atoms with Gasteiger partial charge >= 0.3 is 0 Å². The van der Waals surface area contributed by atoms with Gasteiger partial charge in [0.2, 0.25) is 5.95 Å². The lowest BCUT2D eigenvalue weighted by atomic mass is 10.0. The summed E-state index contributed by atoms with van der Waals surface area (Å²) in [6, 6.07) is 0. The van der Waals surface area contributed by atoms with Gasteiger partial charge in [-0.2, -0.15) is 0 Å². The molecule has 74 valence electrons. The second-order valence-corrected chi connectivity index (χ2v) is 3.84. The van der Waals surface area contributed by atoms with Crippen molar-refractivity contribution in [2.24, 2.45) is 7.05 Å². The topological polar surface area (TPSA) is 50.1 Å². The highest BCUT2D eigenvalue weighted by molar-refractivity contribution is 5.29. The molecule has 13 heavy (non-hydrogen) atoms. The molecular weight excluding hydrogens is 166 g/mol. The number of aryl methyl sites for hydroxylation is 1. The predicted octanol–water partition coefficient (Wildman–Crippen LogP) is 0.993. The number of aliphatic hydroxyl groups excluding tert-OH is 1. The first kappa shape index (κ1) is 10.1. The number of anilines is 1. The van der Waals surface area contributed by atoms with Crippen molar-refractivity contribution in [3.63, 3.8) is 0 Å². The van der Waals surface area contributed by atoms with Gasteiger partial charge in [-0.1, -0.05) is 0 Å². The van der Waals surface area contributed by atoms with Gasteiger partial charge in [0.05, 0.1) is 0 Å². The molecule has 0 saturated heterocycles. The Morgan fingerprint density at radius 2 is 2.31 bits per heavy atom. The zero-order chi connectivity index (χ0) is 9.90. The Kier molecular flexibility index (Phi) is 2.93. The van der Waals surface area contributed by atoms with Crippen molar-refractivity contribution in [2.45, 2.75) is 25.8 Å². The molecule has 1 aromatic heterocycles. The highest BCUT2D eigenvalue weighted by Gasteiger charge is 2.17. The van der Waals surface area contributed by atoms with E-state index in [4.69, 9.17) is 5.11 Å². The molecule has 0 fully saturated rings. The van der Waals surface area contributed by atoms with E-state index >= 15 is 0 Å². The average molecular weight is 183 g/mol. The Bertz CT molecular complexity index is 268. The summed E-state index contributed by atoms with van der Waals surface area (Å²) in [4.78, 5) is 4.15. The number of aromatic nitrogens is 2. The van der Waals surface area contributed by atoms with Gasteiger partial charge in [0, 0.05) is 31.6 Å². The fraction of sp³-hybridized carbons (Fsp3) is 0.667. The molecule has 4 heteroatoms. The number of rotatable bonds is 4. The first-order chi connectivity index (χ1) is 6.05. The first-order valence-corrected chi connectivity index (χ1v) is 4.41. The van der Waals surface area contributed by atoms with Crippen LogP contribution in [0.2, 0.25) is 0 Å². The van der Waals surface area contributed by atoms with Gasteiger partial charge in [-0.3, -0.25) is 0 Å². The third-order valence-electron chi connectivity index (χ3n) is 2.01.